The van der Waals surface area contributed by atoms with Crippen molar-refractivity contribution in [3.8, 4) is 0 Å². The van der Waals surface area contributed by atoms with Crippen LogP contribution in [0.2, 0.25) is 0 Å². The number of nitrogens with two attached hydrogens (primary N) is 1. The Labute approximate surface area is 63.6 Å². The molecular formula is C6H8N4O. The lowest BCUT2D eigenvalue weighted by Crippen LogP contribution is -2.26. The van der Waals surface area contributed by atoms with Crippen molar-refractivity contribution in [2.24, 2.45) is 16.0 Å². The standard InChI is InChI=1S/C6H8N4O/c1-4-2-3-5(9-8-4)6(7)10-11/h2-3,8,11H,1H2,(H2,7,10). The number of amidine groups is 1. The number of rotatable bonds is 1. The maximum absolute atomic E-state index is 8.25. The lowest BCUT2D eigenvalue weighted by Gasteiger charge is -2.06. The van der Waals surface area contributed by atoms with Crippen LogP contribution in [0.5, 0.6) is 0 Å². The lowest BCUT2D eigenvalue weighted by molar-refractivity contribution is 0.319. The van der Waals surface area contributed by atoms with E-state index in [0.717, 1.165) is 0 Å². The lowest BCUT2D eigenvalue weighted by atomic mass is 10.2. The van der Waals surface area contributed by atoms with E-state index in [1.54, 1.807) is 12.2 Å². The summed E-state index contributed by atoms with van der Waals surface area (Å²) in [6.07, 6.45) is 3.29. The Hall–Kier alpha value is -1.78. The molecular weight excluding hydrogens is 144 g/mol. The molecule has 0 bridgehead atoms. The summed E-state index contributed by atoms with van der Waals surface area (Å²) in [6.45, 7) is 3.59. The SMILES string of the molecule is C=C1C=CC(/C(N)=N/O)=NN1. The molecule has 0 aromatic rings. The highest BCUT2D eigenvalue weighted by atomic mass is 16.4. The van der Waals surface area contributed by atoms with Crippen LogP contribution in [0.3, 0.4) is 0 Å². The largest absolute Gasteiger partial charge is 0.409 e. The third-order valence-electron chi connectivity index (χ3n) is 1.13. The molecule has 0 fully saturated rings. The molecule has 0 saturated carbocycles. The van der Waals surface area contributed by atoms with Gasteiger partial charge in [-0.05, 0) is 12.2 Å². The fourth-order valence-corrected chi connectivity index (χ4v) is 0.580. The second-order valence-corrected chi connectivity index (χ2v) is 1.95. The van der Waals surface area contributed by atoms with Crippen molar-refractivity contribution >= 4 is 11.5 Å². The van der Waals surface area contributed by atoms with E-state index in [2.05, 4.69) is 22.3 Å². The van der Waals surface area contributed by atoms with Gasteiger partial charge < -0.3 is 10.9 Å². The van der Waals surface area contributed by atoms with E-state index in [4.69, 9.17) is 10.9 Å². The monoisotopic (exact) mass is 152 g/mol. The average Bonchev–Trinajstić information content (AvgIpc) is 2.05. The Morgan fingerprint density at radius 3 is 2.91 bits per heavy atom. The van der Waals surface area contributed by atoms with Crippen LogP contribution in [-0.4, -0.2) is 16.8 Å². The number of nitrogens with one attached hydrogen (secondary N) is 1. The first-order valence-electron chi connectivity index (χ1n) is 2.92. The third kappa shape index (κ3) is 1.57. The van der Waals surface area contributed by atoms with Gasteiger partial charge >= 0.3 is 0 Å². The summed E-state index contributed by atoms with van der Waals surface area (Å²) in [5.41, 5.74) is 8.88. The van der Waals surface area contributed by atoms with Crippen molar-refractivity contribution in [1.82, 2.24) is 5.43 Å². The van der Waals surface area contributed by atoms with E-state index in [1.807, 2.05) is 0 Å². The highest BCUT2D eigenvalue weighted by Gasteiger charge is 2.04. The van der Waals surface area contributed by atoms with Crippen LogP contribution in [0, 0.1) is 0 Å². The number of allylic oxidation sites excluding steroid dienone is 1. The number of oxime groups is 1. The molecule has 11 heavy (non-hydrogen) atoms. The minimum absolute atomic E-state index is 0.0266. The Kier molecular flexibility index (Phi) is 1.91. The highest BCUT2D eigenvalue weighted by Crippen LogP contribution is 1.95. The summed E-state index contributed by atoms with van der Waals surface area (Å²) in [5.74, 6) is -0.0266. The van der Waals surface area contributed by atoms with Gasteiger partial charge in [0.25, 0.3) is 0 Å². The minimum Gasteiger partial charge on any atom is -0.409 e. The summed E-state index contributed by atoms with van der Waals surface area (Å²) < 4.78 is 0. The first kappa shape index (κ1) is 7.33. The molecule has 1 aliphatic rings. The zero-order valence-electron chi connectivity index (χ0n) is 5.78. The van der Waals surface area contributed by atoms with E-state index in [-0.39, 0.29) is 5.84 Å². The zero-order valence-corrected chi connectivity index (χ0v) is 5.78. The Bertz CT molecular complexity index is 264. The van der Waals surface area contributed by atoms with Crippen molar-refractivity contribution in [2.45, 2.75) is 0 Å². The van der Waals surface area contributed by atoms with Crippen molar-refractivity contribution in [2.75, 3.05) is 0 Å². The summed E-state index contributed by atoms with van der Waals surface area (Å²) in [6, 6.07) is 0. The Morgan fingerprint density at radius 2 is 2.45 bits per heavy atom. The van der Waals surface area contributed by atoms with Gasteiger partial charge in [-0.15, -0.1) is 0 Å². The molecule has 1 aliphatic heterocycles. The quantitative estimate of drug-likeness (QED) is 0.210. The summed E-state index contributed by atoms with van der Waals surface area (Å²) in [5, 5.41) is 14.8. The van der Waals surface area contributed by atoms with Crippen LogP contribution in [0.25, 0.3) is 0 Å². The summed E-state index contributed by atoms with van der Waals surface area (Å²) in [4.78, 5) is 0. The van der Waals surface area contributed by atoms with E-state index in [9.17, 15) is 0 Å². The average molecular weight is 152 g/mol. The van der Waals surface area contributed by atoms with Crippen LogP contribution >= 0.6 is 0 Å². The number of hydrogen-bond acceptors (Lipinski definition) is 4. The van der Waals surface area contributed by atoms with Gasteiger partial charge in [0.05, 0.1) is 0 Å². The van der Waals surface area contributed by atoms with E-state index in [0.29, 0.717) is 11.4 Å². The third-order valence-corrected chi connectivity index (χ3v) is 1.13. The zero-order chi connectivity index (χ0) is 8.27. The van der Waals surface area contributed by atoms with Gasteiger partial charge in [-0.2, -0.15) is 5.10 Å². The molecule has 5 nitrogen and oxygen atoms in total. The Morgan fingerprint density at radius 1 is 1.73 bits per heavy atom. The molecule has 0 atom stereocenters. The second-order valence-electron chi connectivity index (χ2n) is 1.95. The number of hydrogen-bond donors (Lipinski definition) is 3. The minimum atomic E-state index is -0.0266. The fraction of sp³-hybridized carbons (Fsp3) is 0. The first-order valence-corrected chi connectivity index (χ1v) is 2.92. The molecule has 4 N–H and O–H groups in total. The van der Waals surface area contributed by atoms with E-state index >= 15 is 0 Å². The van der Waals surface area contributed by atoms with Crippen molar-refractivity contribution in [1.29, 1.82) is 0 Å². The first-order chi connectivity index (χ1) is 5.24. The molecule has 0 amide bonds. The van der Waals surface area contributed by atoms with Gasteiger partial charge in [0.15, 0.2) is 5.84 Å². The van der Waals surface area contributed by atoms with E-state index in [1.165, 1.54) is 0 Å². The molecule has 0 unspecified atom stereocenters. The van der Waals surface area contributed by atoms with Gasteiger partial charge in [-0.3, -0.25) is 5.43 Å². The smallest absolute Gasteiger partial charge is 0.190 e. The van der Waals surface area contributed by atoms with Crippen LogP contribution in [-0.2, 0) is 0 Å². The molecule has 58 valence electrons. The summed E-state index contributed by atoms with van der Waals surface area (Å²) in [7, 11) is 0. The number of nitrogens with zero attached hydrogens (tertiary/aromatic N) is 2. The van der Waals surface area contributed by atoms with Crippen LogP contribution in [0.1, 0.15) is 0 Å². The molecule has 0 radical (unpaired) electrons. The van der Waals surface area contributed by atoms with Gasteiger partial charge in [0.1, 0.15) is 5.71 Å². The van der Waals surface area contributed by atoms with Gasteiger partial charge in [-0.1, -0.05) is 11.7 Å². The van der Waals surface area contributed by atoms with Crippen molar-refractivity contribution in [3.63, 3.8) is 0 Å². The van der Waals surface area contributed by atoms with Gasteiger partial charge in [0.2, 0.25) is 0 Å². The van der Waals surface area contributed by atoms with E-state index < -0.39 is 0 Å². The van der Waals surface area contributed by atoms with Crippen LogP contribution in [0.4, 0.5) is 0 Å². The van der Waals surface area contributed by atoms with Gasteiger partial charge in [-0.25, -0.2) is 0 Å². The predicted octanol–water partition coefficient (Wildman–Crippen LogP) is -0.238. The maximum atomic E-state index is 8.25. The molecule has 0 aromatic heterocycles. The molecule has 0 saturated heterocycles. The highest BCUT2D eigenvalue weighted by molar-refractivity contribution is 6.45. The summed E-state index contributed by atoms with van der Waals surface area (Å²) >= 11 is 0. The molecule has 0 spiro atoms. The molecule has 0 aliphatic carbocycles. The van der Waals surface area contributed by atoms with Crippen molar-refractivity contribution in [3.05, 3.63) is 24.4 Å². The van der Waals surface area contributed by atoms with Crippen LogP contribution in [0.15, 0.2) is 34.7 Å². The molecule has 1 rings (SSSR count). The maximum Gasteiger partial charge on any atom is 0.190 e. The van der Waals surface area contributed by atoms with Crippen LogP contribution < -0.4 is 11.2 Å². The second kappa shape index (κ2) is 2.87. The van der Waals surface area contributed by atoms with Gasteiger partial charge in [0, 0.05) is 5.70 Å². The topological polar surface area (TPSA) is 83.0 Å². The Balaban J connectivity index is 2.79. The normalized spacial score (nSPS) is 17.6. The molecule has 5 heteroatoms. The fourth-order valence-electron chi connectivity index (χ4n) is 0.580. The van der Waals surface area contributed by atoms with Crippen molar-refractivity contribution < 1.29 is 5.21 Å². The molecule has 0 aromatic carbocycles. The number of hydrazone groups is 1. The predicted molar refractivity (Wildman–Crippen MR) is 42.3 cm³/mol. The molecule has 1 heterocycles.